The number of hydrogen-bond acceptors (Lipinski definition) is 16. The molecule has 5 heterocycles. The molecule has 534 valence electrons. The van der Waals surface area contributed by atoms with Crippen LogP contribution in [0.25, 0.3) is 54.8 Å². The summed E-state index contributed by atoms with van der Waals surface area (Å²) in [4.78, 5) is 58.5. The molecule has 0 fully saturated rings. The van der Waals surface area contributed by atoms with Gasteiger partial charge in [0.1, 0.15) is 39.1 Å². The number of carbonyl (C=O) groups is 3. The van der Waals surface area contributed by atoms with Gasteiger partial charge >= 0.3 is 0 Å². The zero-order chi connectivity index (χ0) is 76.6. The number of nitrogens with zero attached hydrogens (tertiary/aromatic N) is 14. The first-order valence-corrected chi connectivity index (χ1v) is 36.0. The van der Waals surface area contributed by atoms with Crippen molar-refractivity contribution >= 4 is 140 Å². The first kappa shape index (κ1) is 91.2. The minimum Gasteiger partial charge on any atom is -0.400 e. The number of hydrazone groups is 1. The van der Waals surface area contributed by atoms with E-state index in [1.807, 2.05) is 62.3 Å². The number of hydrogen-bond donors (Lipinski definition) is 5. The van der Waals surface area contributed by atoms with E-state index in [2.05, 4.69) is 184 Å². The number of nitrogen functional groups attached to an aromatic ring is 1. The Morgan fingerprint density at radius 3 is 1.48 bits per heavy atom. The van der Waals surface area contributed by atoms with Crippen molar-refractivity contribution in [1.82, 2.24) is 54.3 Å². The number of benzene rings is 4. The number of aldehydes is 1. The van der Waals surface area contributed by atoms with Gasteiger partial charge < -0.3 is 32.9 Å². The van der Waals surface area contributed by atoms with E-state index < -0.39 is 23.3 Å². The van der Waals surface area contributed by atoms with Crippen LogP contribution in [-0.2, 0) is 30.6 Å². The standard InChI is InChI=1S/C22H17F2N5.C13H6BrF2N.C9H12N4.C7H12N4.C6H10Br2O.C6H12O.C2H3ClO.CH6N4.CH4O.Br2/c1-22(2,3)19-12-27-29-18(11-26-21(29)28-19)13-8-9-15(23)14(10-13)20-16(24)6-5-7-17(20)25-4;1-17-12-4-2-3-11(16)13(12)9-7-8(14)5-6-10(9)15;1-9(2,3)7-6-11-13-5-4-10-8(13)12-7;1-7(2,3)5-4-9-11-6(8)10-5;1-6(2,3)4(9)5(7)8;1-5(7)6(2,3)4;3-1-2-4;2-1(3)5-4;2*1-2/h5-12H,1-3H3;2-7H;4-6H,1-3H3;4H,1-3H3,(H2,8,10,11);5H,1-3H3;1-4H3;2H,1H2;4H2,(H4,2,3,5);2H,1H3;. The molecule has 0 bridgehead atoms. The number of rotatable bonds is 5. The second-order valence-electron chi connectivity index (χ2n) is 25.2. The van der Waals surface area contributed by atoms with Gasteiger partial charge in [-0.1, -0.05) is 176 Å². The van der Waals surface area contributed by atoms with Crippen LogP contribution in [0.2, 0.25) is 0 Å². The van der Waals surface area contributed by atoms with E-state index in [1.165, 1.54) is 66.7 Å². The normalized spacial score (nSPS) is 10.6. The molecule has 0 aliphatic rings. The van der Waals surface area contributed by atoms with Crippen molar-refractivity contribution in [2.45, 2.75) is 131 Å². The number of carbonyl (C=O) groups excluding carboxylic acids is 3. The number of halogens is 10. The maximum Gasteiger partial charge on any atom is 0.251 e. The van der Waals surface area contributed by atoms with Crippen molar-refractivity contribution in [3.63, 3.8) is 0 Å². The summed E-state index contributed by atoms with van der Waals surface area (Å²) in [6, 6.07) is 16.8. The first-order valence-electron chi connectivity index (χ1n) is 29.1. The number of fused-ring (bicyclic) bond motifs is 2. The Morgan fingerprint density at radius 1 is 0.667 bits per heavy atom. The number of guanidine groups is 1. The van der Waals surface area contributed by atoms with Gasteiger partial charge in [-0.2, -0.15) is 19.8 Å². The molecular formula is C67H82Br5ClF4N18O4. The first-order chi connectivity index (χ1) is 46.0. The molecule has 0 atom stereocenters. The van der Waals surface area contributed by atoms with E-state index in [1.54, 1.807) is 59.2 Å². The smallest absolute Gasteiger partial charge is 0.251 e. The van der Waals surface area contributed by atoms with Gasteiger partial charge in [-0.15, -0.1) is 21.8 Å². The minimum atomic E-state index is -0.651. The lowest BCUT2D eigenvalue weighted by molar-refractivity contribution is -0.124. The molecule has 9 rings (SSSR count). The van der Waals surface area contributed by atoms with Crippen LogP contribution in [0.15, 0.2) is 120 Å². The third kappa shape index (κ3) is 31.1. The van der Waals surface area contributed by atoms with E-state index >= 15 is 0 Å². The number of Topliss-reactive ketones (excluding diaryl/α,β-unsaturated/α-hetero) is 2. The SMILES string of the molecule is BrBr.CC(=O)C(C)(C)C.CC(C)(C)C(=O)C(Br)Br.CC(C)(C)c1cnn2ccnc2n1.CC(C)(C)c1cnnc(N)n1.CO.NN=C(N)N.O=CCCl.[C-]#[N+]c1cccc(F)c1-c1cc(-c2cnc3nc(C(C)(C)C)cnn23)ccc1F.[C-]#[N+]c1cccc(F)c1-c1cc(Br)ccc1F. The maximum atomic E-state index is 14.6. The Morgan fingerprint density at radius 2 is 1.10 bits per heavy atom. The fourth-order valence-corrected chi connectivity index (χ4v) is 8.46. The molecule has 4 aromatic carbocycles. The molecule has 22 nitrogen and oxygen atoms in total. The lowest BCUT2D eigenvalue weighted by Crippen LogP contribution is -2.24. The molecule has 9 aromatic rings. The molecular weight excluding hydrogens is 1630 g/mol. The highest BCUT2D eigenvalue weighted by Crippen LogP contribution is 2.38. The van der Waals surface area contributed by atoms with Gasteiger partial charge in [-0.25, -0.2) is 56.7 Å². The molecule has 99 heavy (non-hydrogen) atoms. The fourth-order valence-electron chi connectivity index (χ4n) is 6.72. The van der Waals surface area contributed by atoms with Crippen LogP contribution < -0.4 is 23.0 Å². The van der Waals surface area contributed by atoms with Crippen LogP contribution in [0.4, 0.5) is 34.9 Å². The van der Waals surface area contributed by atoms with Crippen LogP contribution in [0.3, 0.4) is 0 Å². The Kier molecular flexibility index (Phi) is 39.6. The van der Waals surface area contributed by atoms with Crippen LogP contribution >= 0.6 is 87.6 Å². The molecule has 0 aliphatic heterocycles. The van der Waals surface area contributed by atoms with E-state index in [-0.39, 0.29) is 93.8 Å². The van der Waals surface area contributed by atoms with Gasteiger partial charge in [0.2, 0.25) is 11.9 Å². The van der Waals surface area contributed by atoms with E-state index in [9.17, 15) is 27.2 Å². The number of aromatic nitrogens is 11. The van der Waals surface area contributed by atoms with Gasteiger partial charge in [-0.05, 0) is 55.5 Å². The topological polar surface area (TPSA) is 321 Å². The second-order valence-corrected chi connectivity index (χ2v) is 29.5. The predicted octanol–water partition coefficient (Wildman–Crippen LogP) is 16.9. The predicted molar refractivity (Wildman–Crippen MR) is 404 cm³/mol. The van der Waals surface area contributed by atoms with Crippen LogP contribution in [0.1, 0.15) is 128 Å². The molecule has 0 amide bonds. The number of aliphatic hydroxyl groups is 1. The second kappa shape index (κ2) is 43.0. The molecule has 32 heteroatoms. The maximum absolute atomic E-state index is 14.6. The average molecular weight is 1710 g/mol. The summed E-state index contributed by atoms with van der Waals surface area (Å²) >= 11 is 19.8. The number of alkyl halides is 3. The molecule has 0 saturated carbocycles. The monoisotopic (exact) mass is 1710 g/mol. The van der Waals surface area contributed by atoms with Crippen molar-refractivity contribution in [3.8, 4) is 33.5 Å². The van der Waals surface area contributed by atoms with Gasteiger partial charge in [0, 0.05) is 101 Å². The Bertz CT molecular complexity index is 4170. The van der Waals surface area contributed by atoms with Crippen LogP contribution in [0.5, 0.6) is 0 Å². The highest BCUT2D eigenvalue weighted by atomic mass is 80.9. The molecule has 0 radical (unpaired) electrons. The van der Waals surface area contributed by atoms with Crippen LogP contribution in [-0.4, -0.2) is 100.0 Å². The highest BCUT2D eigenvalue weighted by Gasteiger charge is 2.26. The van der Waals surface area contributed by atoms with Crippen molar-refractivity contribution in [3.05, 3.63) is 178 Å². The quantitative estimate of drug-likeness (QED) is 0.0156. The zero-order valence-electron chi connectivity index (χ0n) is 57.8. The Balaban J connectivity index is 0.00000119. The summed E-state index contributed by atoms with van der Waals surface area (Å²) in [6.07, 6.45) is 10.8. The van der Waals surface area contributed by atoms with E-state index in [0.717, 1.165) is 24.2 Å². The summed E-state index contributed by atoms with van der Waals surface area (Å²) in [5.74, 6) is 3.84. The van der Waals surface area contributed by atoms with E-state index in [4.69, 9.17) is 51.8 Å². The summed E-state index contributed by atoms with van der Waals surface area (Å²) in [5.41, 5.74) is 18.2. The number of imidazole rings is 2. The largest absolute Gasteiger partial charge is 0.400 e. The molecule has 9 N–H and O–H groups in total. The third-order valence-corrected chi connectivity index (χ3v) is 13.9. The highest BCUT2D eigenvalue weighted by molar-refractivity contribution is 9.93. The number of nitrogens with two attached hydrogens (primary N) is 4. The zero-order valence-corrected chi connectivity index (χ0v) is 66.5. The minimum absolute atomic E-state index is 0.00120. The van der Waals surface area contributed by atoms with Crippen molar-refractivity contribution in [2.24, 2.45) is 33.2 Å². The summed E-state index contributed by atoms with van der Waals surface area (Å²) in [6.45, 7) is 45.9. The molecule has 0 saturated heterocycles. The van der Waals surface area contributed by atoms with Gasteiger partial charge in [0.05, 0.1) is 72.8 Å². The summed E-state index contributed by atoms with van der Waals surface area (Å²) in [7, 11) is 1.00. The number of ketones is 2. The Labute approximate surface area is 620 Å². The van der Waals surface area contributed by atoms with Crippen molar-refractivity contribution < 1.29 is 37.1 Å². The fraction of sp³-hybridized carbons (Fsp3) is 0.358. The summed E-state index contributed by atoms with van der Waals surface area (Å²) in [5, 5.41) is 25.8. The summed E-state index contributed by atoms with van der Waals surface area (Å²) < 4.78 is 60.0. The number of anilines is 1. The Hall–Kier alpha value is -7.78. The molecule has 0 spiro atoms. The van der Waals surface area contributed by atoms with Gasteiger partial charge in [0.15, 0.2) is 17.2 Å². The number of aliphatic hydroxyl groups excluding tert-OH is 1. The molecule has 0 aliphatic carbocycles. The molecule has 0 unspecified atom stereocenters. The molecule has 5 aromatic heterocycles. The van der Waals surface area contributed by atoms with Gasteiger partial charge in [0.25, 0.3) is 11.6 Å². The van der Waals surface area contributed by atoms with Crippen molar-refractivity contribution in [1.29, 1.82) is 0 Å². The van der Waals surface area contributed by atoms with Crippen LogP contribution in [0, 0.1) is 47.2 Å². The lowest BCUT2D eigenvalue weighted by atomic mass is 9.92. The average Bonchev–Trinajstić information content (AvgIpc) is 1.75. The van der Waals surface area contributed by atoms with E-state index in [0.29, 0.717) is 33.6 Å². The van der Waals surface area contributed by atoms with Gasteiger partial charge in [-0.3, -0.25) is 9.59 Å². The van der Waals surface area contributed by atoms with Crippen molar-refractivity contribution in [2.75, 3.05) is 18.7 Å². The lowest BCUT2D eigenvalue weighted by Gasteiger charge is -2.16. The third-order valence-electron chi connectivity index (χ3n) is 12.4.